The molecule has 2 aromatic rings. The standard InChI is InChI=1S/C16H18N2O4S/c1-11-17-16(10-22-11)13-3-6-15(7-4-13)23(20,21)18-14-5-2-12(8-14)9-19/h2-7,10,12,14,18-19H,8-9H2,1H3/t12-,14+/m0/s1. The van der Waals surface area contributed by atoms with E-state index in [1.54, 1.807) is 37.3 Å². The number of aliphatic hydroxyl groups excluding tert-OH is 1. The summed E-state index contributed by atoms with van der Waals surface area (Å²) in [5, 5.41) is 9.10. The molecule has 2 atom stereocenters. The van der Waals surface area contributed by atoms with Crippen LogP contribution in [0.15, 0.2) is 52.0 Å². The van der Waals surface area contributed by atoms with Gasteiger partial charge in [0.2, 0.25) is 10.0 Å². The number of nitrogens with one attached hydrogen (secondary N) is 1. The summed E-state index contributed by atoms with van der Waals surface area (Å²) in [5.41, 5.74) is 1.46. The Morgan fingerprint density at radius 2 is 2.04 bits per heavy atom. The average molecular weight is 334 g/mol. The number of aliphatic hydroxyl groups is 1. The van der Waals surface area contributed by atoms with E-state index in [9.17, 15) is 8.42 Å². The normalized spacial score (nSPS) is 21.0. The molecule has 7 heteroatoms. The van der Waals surface area contributed by atoms with E-state index in [-0.39, 0.29) is 23.5 Å². The van der Waals surface area contributed by atoms with Gasteiger partial charge in [-0.2, -0.15) is 0 Å². The van der Waals surface area contributed by atoms with Crippen molar-refractivity contribution in [2.45, 2.75) is 24.3 Å². The predicted molar refractivity (Wildman–Crippen MR) is 85.1 cm³/mol. The summed E-state index contributed by atoms with van der Waals surface area (Å²) in [6.07, 6.45) is 5.73. The minimum atomic E-state index is -3.60. The average Bonchev–Trinajstić information content (AvgIpc) is 3.16. The number of nitrogens with zero attached hydrogens (tertiary/aromatic N) is 1. The number of sulfonamides is 1. The first kappa shape index (κ1) is 15.9. The second-order valence-electron chi connectivity index (χ2n) is 5.57. The Bertz CT molecular complexity index is 809. The summed E-state index contributed by atoms with van der Waals surface area (Å²) >= 11 is 0. The third kappa shape index (κ3) is 3.52. The lowest BCUT2D eigenvalue weighted by Crippen LogP contribution is -2.32. The van der Waals surface area contributed by atoms with Gasteiger partial charge in [0.15, 0.2) is 5.89 Å². The molecule has 0 radical (unpaired) electrons. The topological polar surface area (TPSA) is 92.4 Å². The molecule has 6 nitrogen and oxygen atoms in total. The van der Waals surface area contributed by atoms with Crippen molar-refractivity contribution in [2.75, 3.05) is 6.61 Å². The van der Waals surface area contributed by atoms with Crippen molar-refractivity contribution in [3.05, 3.63) is 48.6 Å². The molecule has 0 spiro atoms. The second-order valence-corrected chi connectivity index (χ2v) is 7.28. The number of hydrogen-bond donors (Lipinski definition) is 2. The van der Waals surface area contributed by atoms with E-state index in [2.05, 4.69) is 9.71 Å². The maximum atomic E-state index is 12.4. The van der Waals surface area contributed by atoms with Gasteiger partial charge < -0.3 is 9.52 Å². The van der Waals surface area contributed by atoms with Gasteiger partial charge in [-0.05, 0) is 18.6 Å². The van der Waals surface area contributed by atoms with Crippen molar-refractivity contribution in [1.82, 2.24) is 9.71 Å². The zero-order valence-corrected chi connectivity index (χ0v) is 13.5. The first-order valence-electron chi connectivity index (χ1n) is 7.32. The molecule has 0 bridgehead atoms. The van der Waals surface area contributed by atoms with Crippen LogP contribution in [0.4, 0.5) is 0 Å². The van der Waals surface area contributed by atoms with E-state index in [0.717, 1.165) is 5.56 Å². The van der Waals surface area contributed by atoms with Crippen LogP contribution in [0.2, 0.25) is 0 Å². The highest BCUT2D eigenvalue weighted by molar-refractivity contribution is 7.89. The summed E-state index contributed by atoms with van der Waals surface area (Å²) in [5.74, 6) is 0.574. The molecule has 0 amide bonds. The number of aryl methyl sites for hydroxylation is 1. The fourth-order valence-electron chi connectivity index (χ4n) is 2.57. The van der Waals surface area contributed by atoms with Crippen molar-refractivity contribution in [3.63, 3.8) is 0 Å². The van der Waals surface area contributed by atoms with Crippen LogP contribution in [0.3, 0.4) is 0 Å². The molecule has 2 N–H and O–H groups in total. The molecule has 1 heterocycles. The molecule has 0 aliphatic heterocycles. The fourth-order valence-corrected chi connectivity index (χ4v) is 3.77. The molecule has 0 saturated heterocycles. The molecule has 1 aromatic carbocycles. The van der Waals surface area contributed by atoms with Crippen LogP contribution in [0.25, 0.3) is 11.3 Å². The number of benzene rings is 1. The number of aromatic nitrogens is 1. The highest BCUT2D eigenvalue weighted by Gasteiger charge is 2.24. The molecule has 1 aliphatic rings. The molecular weight excluding hydrogens is 316 g/mol. The van der Waals surface area contributed by atoms with E-state index in [4.69, 9.17) is 9.52 Å². The first-order chi connectivity index (χ1) is 11.0. The minimum Gasteiger partial charge on any atom is -0.449 e. The Morgan fingerprint density at radius 3 is 2.61 bits per heavy atom. The largest absolute Gasteiger partial charge is 0.449 e. The quantitative estimate of drug-likeness (QED) is 0.814. The lowest BCUT2D eigenvalue weighted by Gasteiger charge is -2.13. The highest BCUT2D eigenvalue weighted by Crippen LogP contribution is 2.22. The van der Waals surface area contributed by atoms with Crippen LogP contribution >= 0.6 is 0 Å². The van der Waals surface area contributed by atoms with Gasteiger partial charge in [-0.3, -0.25) is 0 Å². The minimum absolute atomic E-state index is 0.0143. The van der Waals surface area contributed by atoms with Gasteiger partial charge in [-0.25, -0.2) is 18.1 Å². The maximum absolute atomic E-state index is 12.4. The van der Waals surface area contributed by atoms with Gasteiger partial charge in [0.1, 0.15) is 12.0 Å². The molecule has 0 unspecified atom stereocenters. The Morgan fingerprint density at radius 1 is 1.30 bits per heavy atom. The molecule has 23 heavy (non-hydrogen) atoms. The second kappa shape index (κ2) is 6.27. The summed E-state index contributed by atoms with van der Waals surface area (Å²) in [4.78, 5) is 4.41. The van der Waals surface area contributed by atoms with Gasteiger partial charge >= 0.3 is 0 Å². The molecule has 3 rings (SSSR count). The van der Waals surface area contributed by atoms with Crippen LogP contribution in [-0.4, -0.2) is 31.2 Å². The molecule has 1 aromatic heterocycles. The van der Waals surface area contributed by atoms with Crippen LogP contribution < -0.4 is 4.72 Å². The van der Waals surface area contributed by atoms with Crippen molar-refractivity contribution in [3.8, 4) is 11.3 Å². The molecule has 0 saturated carbocycles. The van der Waals surface area contributed by atoms with Gasteiger partial charge in [0.05, 0.1) is 4.90 Å². The van der Waals surface area contributed by atoms with Gasteiger partial charge in [-0.15, -0.1) is 0 Å². The van der Waals surface area contributed by atoms with Gasteiger partial charge in [0.25, 0.3) is 0 Å². The zero-order chi connectivity index (χ0) is 16.4. The molecule has 1 aliphatic carbocycles. The maximum Gasteiger partial charge on any atom is 0.241 e. The van der Waals surface area contributed by atoms with E-state index >= 15 is 0 Å². The fraction of sp³-hybridized carbons (Fsp3) is 0.312. The van der Waals surface area contributed by atoms with E-state index in [1.165, 1.54) is 6.26 Å². The number of oxazole rings is 1. The van der Waals surface area contributed by atoms with Crippen molar-refractivity contribution >= 4 is 10.0 Å². The Balaban J connectivity index is 1.74. The number of hydrogen-bond acceptors (Lipinski definition) is 5. The molecule has 0 fully saturated rings. The van der Waals surface area contributed by atoms with E-state index in [0.29, 0.717) is 18.0 Å². The van der Waals surface area contributed by atoms with Crippen LogP contribution in [-0.2, 0) is 10.0 Å². The van der Waals surface area contributed by atoms with Crippen LogP contribution in [0.5, 0.6) is 0 Å². The van der Waals surface area contributed by atoms with E-state index in [1.807, 2.05) is 6.08 Å². The first-order valence-corrected chi connectivity index (χ1v) is 8.80. The lowest BCUT2D eigenvalue weighted by molar-refractivity contribution is 0.248. The van der Waals surface area contributed by atoms with Crippen molar-refractivity contribution in [1.29, 1.82) is 0 Å². The van der Waals surface area contributed by atoms with Gasteiger partial charge in [-0.1, -0.05) is 24.3 Å². The summed E-state index contributed by atoms with van der Waals surface area (Å²) in [7, 11) is -3.60. The van der Waals surface area contributed by atoms with Gasteiger partial charge in [0, 0.05) is 31.1 Å². The summed E-state index contributed by atoms with van der Waals surface area (Å²) in [6, 6.07) is 6.21. The van der Waals surface area contributed by atoms with E-state index < -0.39 is 10.0 Å². The predicted octanol–water partition coefficient (Wildman–Crippen LogP) is 1.87. The Hall–Kier alpha value is -1.96. The smallest absolute Gasteiger partial charge is 0.241 e. The molecule has 122 valence electrons. The Labute approximate surface area is 134 Å². The summed E-state index contributed by atoms with van der Waals surface area (Å²) in [6.45, 7) is 1.78. The monoisotopic (exact) mass is 334 g/mol. The highest BCUT2D eigenvalue weighted by atomic mass is 32.2. The number of rotatable bonds is 5. The lowest BCUT2D eigenvalue weighted by atomic mass is 10.1. The van der Waals surface area contributed by atoms with Crippen LogP contribution in [0, 0.1) is 12.8 Å². The Kier molecular flexibility index (Phi) is 4.34. The SMILES string of the molecule is Cc1nc(-c2ccc(S(=O)(=O)N[C@@H]3C=C[C@H](CO)C3)cc2)co1. The van der Waals surface area contributed by atoms with Crippen molar-refractivity contribution < 1.29 is 17.9 Å². The molecular formula is C16H18N2O4S. The zero-order valence-electron chi connectivity index (χ0n) is 12.6. The summed E-state index contributed by atoms with van der Waals surface area (Å²) < 4.78 is 32.6. The van der Waals surface area contributed by atoms with Crippen LogP contribution in [0.1, 0.15) is 12.3 Å². The third-order valence-corrected chi connectivity index (χ3v) is 5.30. The third-order valence-electron chi connectivity index (χ3n) is 3.79. The van der Waals surface area contributed by atoms with Crippen molar-refractivity contribution in [2.24, 2.45) is 5.92 Å².